The summed E-state index contributed by atoms with van der Waals surface area (Å²) < 4.78 is 4.91. The van der Waals surface area contributed by atoms with Gasteiger partial charge in [0.1, 0.15) is 0 Å². The Kier molecular flexibility index (Phi) is 4.58. The number of carbonyl (C=O) groups is 1. The summed E-state index contributed by atoms with van der Waals surface area (Å²) in [6.45, 7) is 2.44. The highest BCUT2D eigenvalue weighted by atomic mass is 32.2. The summed E-state index contributed by atoms with van der Waals surface area (Å²) in [6, 6.07) is 1.78. The fourth-order valence-electron chi connectivity index (χ4n) is 1.05. The Morgan fingerprint density at radius 3 is 3.00 bits per heavy atom. The largest absolute Gasteiger partial charge is 0.478 e. The Morgan fingerprint density at radius 2 is 2.40 bits per heavy atom. The lowest BCUT2D eigenvalue weighted by molar-refractivity contribution is 0.0692. The van der Waals surface area contributed by atoms with E-state index in [2.05, 4.69) is 4.98 Å². The normalized spacial score (nSPS) is 10.3. The van der Waals surface area contributed by atoms with Crippen molar-refractivity contribution in [3.05, 3.63) is 23.5 Å². The van der Waals surface area contributed by atoms with Crippen LogP contribution in [0.4, 0.5) is 0 Å². The van der Waals surface area contributed by atoms with E-state index >= 15 is 0 Å². The predicted molar refractivity (Wildman–Crippen MR) is 58.5 cm³/mol. The number of pyridine rings is 1. The van der Waals surface area contributed by atoms with Crippen molar-refractivity contribution in [2.75, 3.05) is 19.5 Å². The van der Waals surface area contributed by atoms with Crippen LogP contribution in [-0.4, -0.2) is 35.5 Å². The summed E-state index contributed by atoms with van der Waals surface area (Å²) in [5.41, 5.74) is 1.07. The average molecular weight is 227 g/mol. The lowest BCUT2D eigenvalue weighted by Gasteiger charge is -2.05. The molecular weight excluding hydrogens is 214 g/mol. The third-order valence-electron chi connectivity index (χ3n) is 1.78. The number of aromatic carboxylic acids is 1. The summed E-state index contributed by atoms with van der Waals surface area (Å²) in [7, 11) is 1.62. The topological polar surface area (TPSA) is 59.4 Å². The molecule has 1 aromatic rings. The van der Waals surface area contributed by atoms with Crippen LogP contribution < -0.4 is 0 Å². The number of methoxy groups -OCH3 is 1. The van der Waals surface area contributed by atoms with Crippen molar-refractivity contribution in [1.29, 1.82) is 0 Å². The molecule has 0 unspecified atom stereocenters. The van der Waals surface area contributed by atoms with Gasteiger partial charge in [-0.3, -0.25) is 4.98 Å². The maximum atomic E-state index is 10.9. The van der Waals surface area contributed by atoms with Crippen molar-refractivity contribution in [2.45, 2.75) is 11.8 Å². The zero-order valence-corrected chi connectivity index (χ0v) is 9.50. The fourth-order valence-corrected chi connectivity index (χ4v) is 2.07. The first-order chi connectivity index (χ1) is 7.15. The van der Waals surface area contributed by atoms with Gasteiger partial charge in [-0.05, 0) is 13.0 Å². The van der Waals surface area contributed by atoms with Gasteiger partial charge in [-0.2, -0.15) is 0 Å². The van der Waals surface area contributed by atoms with Crippen LogP contribution in [0.1, 0.15) is 16.1 Å². The number of aryl methyl sites for hydroxylation is 1. The second-order valence-electron chi connectivity index (χ2n) is 2.97. The van der Waals surface area contributed by atoms with Gasteiger partial charge < -0.3 is 9.84 Å². The summed E-state index contributed by atoms with van der Waals surface area (Å²) in [5.74, 6) is -0.206. The van der Waals surface area contributed by atoms with Crippen LogP contribution in [0, 0.1) is 6.92 Å². The van der Waals surface area contributed by atoms with E-state index in [1.807, 2.05) is 6.92 Å². The third-order valence-corrected chi connectivity index (χ3v) is 2.80. The number of aromatic nitrogens is 1. The summed E-state index contributed by atoms with van der Waals surface area (Å²) in [5, 5.41) is 8.93. The Hall–Kier alpha value is -1.07. The van der Waals surface area contributed by atoms with Crippen molar-refractivity contribution >= 4 is 17.7 Å². The number of carboxylic acid groups (broad SMARTS) is 1. The monoisotopic (exact) mass is 227 g/mol. The molecule has 0 atom stereocenters. The van der Waals surface area contributed by atoms with E-state index in [-0.39, 0.29) is 5.56 Å². The highest BCUT2D eigenvalue weighted by Crippen LogP contribution is 2.22. The molecule has 0 spiro atoms. The van der Waals surface area contributed by atoms with Crippen LogP contribution in [0.15, 0.2) is 17.2 Å². The fraction of sp³-hybridized carbons (Fsp3) is 0.400. The van der Waals surface area contributed by atoms with Gasteiger partial charge >= 0.3 is 5.97 Å². The van der Waals surface area contributed by atoms with E-state index in [0.29, 0.717) is 6.61 Å². The minimum absolute atomic E-state index is 0.252. The molecule has 0 amide bonds. The molecule has 0 aliphatic carbocycles. The summed E-state index contributed by atoms with van der Waals surface area (Å²) >= 11 is 1.47. The minimum Gasteiger partial charge on any atom is -0.478 e. The van der Waals surface area contributed by atoms with Crippen LogP contribution >= 0.6 is 11.8 Å². The molecule has 0 radical (unpaired) electrons. The average Bonchev–Trinajstić information content (AvgIpc) is 2.18. The number of hydrogen-bond acceptors (Lipinski definition) is 4. The first-order valence-corrected chi connectivity index (χ1v) is 5.45. The molecule has 82 valence electrons. The molecule has 0 bridgehead atoms. The number of ether oxygens (including phenoxy) is 1. The molecule has 0 saturated carbocycles. The lowest BCUT2D eigenvalue weighted by atomic mass is 10.2. The van der Waals surface area contributed by atoms with Gasteiger partial charge in [0.15, 0.2) is 0 Å². The van der Waals surface area contributed by atoms with E-state index in [9.17, 15) is 4.79 Å². The Bertz CT molecular complexity index is 355. The highest BCUT2D eigenvalue weighted by Gasteiger charge is 2.10. The summed E-state index contributed by atoms with van der Waals surface area (Å²) in [6.07, 6.45) is 1.40. The number of nitrogens with zero attached hydrogens (tertiary/aromatic N) is 1. The lowest BCUT2D eigenvalue weighted by Crippen LogP contribution is -2.02. The molecule has 0 fully saturated rings. The highest BCUT2D eigenvalue weighted by molar-refractivity contribution is 7.99. The number of rotatable bonds is 5. The van der Waals surface area contributed by atoms with E-state index in [0.717, 1.165) is 16.3 Å². The zero-order valence-electron chi connectivity index (χ0n) is 8.69. The van der Waals surface area contributed by atoms with E-state index in [1.165, 1.54) is 18.0 Å². The molecule has 1 aromatic heterocycles. The molecule has 0 saturated heterocycles. The maximum absolute atomic E-state index is 10.9. The van der Waals surface area contributed by atoms with Crippen LogP contribution in [0.25, 0.3) is 0 Å². The van der Waals surface area contributed by atoms with Gasteiger partial charge in [0.2, 0.25) is 0 Å². The Labute approximate surface area is 92.7 Å². The van der Waals surface area contributed by atoms with Crippen molar-refractivity contribution in [2.24, 2.45) is 0 Å². The van der Waals surface area contributed by atoms with Crippen LogP contribution in [0.2, 0.25) is 0 Å². The van der Waals surface area contributed by atoms with Crippen LogP contribution in [0.3, 0.4) is 0 Å². The van der Waals surface area contributed by atoms with E-state index in [1.54, 1.807) is 13.2 Å². The second-order valence-corrected chi connectivity index (χ2v) is 4.11. The molecule has 1 rings (SSSR count). The van der Waals surface area contributed by atoms with Gasteiger partial charge in [-0.25, -0.2) is 4.79 Å². The Morgan fingerprint density at radius 1 is 1.67 bits per heavy atom. The van der Waals surface area contributed by atoms with Crippen molar-refractivity contribution in [3.63, 3.8) is 0 Å². The van der Waals surface area contributed by atoms with Gasteiger partial charge in [0.25, 0.3) is 0 Å². The molecule has 0 aliphatic rings. The molecule has 5 heteroatoms. The second kappa shape index (κ2) is 5.72. The molecule has 0 aromatic carbocycles. The number of hydrogen-bond donors (Lipinski definition) is 1. The first-order valence-electron chi connectivity index (χ1n) is 4.47. The predicted octanol–water partition coefficient (Wildman–Crippen LogP) is 1.83. The number of carboxylic acids is 1. The smallest absolute Gasteiger partial charge is 0.338 e. The van der Waals surface area contributed by atoms with Crippen molar-refractivity contribution in [3.8, 4) is 0 Å². The Balaban J connectivity index is 2.82. The van der Waals surface area contributed by atoms with E-state index in [4.69, 9.17) is 9.84 Å². The standard InChI is InChI=1S/C10H13NO3S/c1-7-5-9(15-4-3-14-2)8(6-11-7)10(12)13/h5-6H,3-4H2,1-2H3,(H,12,13). The van der Waals surface area contributed by atoms with Crippen LogP contribution in [0.5, 0.6) is 0 Å². The van der Waals surface area contributed by atoms with Gasteiger partial charge in [-0.1, -0.05) is 0 Å². The van der Waals surface area contributed by atoms with Crippen molar-refractivity contribution in [1.82, 2.24) is 4.98 Å². The number of thioether (sulfide) groups is 1. The molecule has 15 heavy (non-hydrogen) atoms. The molecular formula is C10H13NO3S. The SMILES string of the molecule is COCCSc1cc(C)ncc1C(=O)O. The quantitative estimate of drug-likeness (QED) is 0.614. The van der Waals surface area contributed by atoms with Gasteiger partial charge in [-0.15, -0.1) is 11.8 Å². The zero-order chi connectivity index (χ0) is 11.3. The van der Waals surface area contributed by atoms with Gasteiger partial charge in [0.05, 0.1) is 12.2 Å². The first kappa shape index (κ1) is 12.0. The minimum atomic E-state index is -0.942. The van der Waals surface area contributed by atoms with E-state index < -0.39 is 5.97 Å². The molecule has 1 N–H and O–H groups in total. The maximum Gasteiger partial charge on any atom is 0.338 e. The molecule has 1 heterocycles. The summed E-state index contributed by atoms with van der Waals surface area (Å²) in [4.78, 5) is 15.6. The molecule has 4 nitrogen and oxygen atoms in total. The molecule has 0 aliphatic heterocycles. The van der Waals surface area contributed by atoms with Crippen molar-refractivity contribution < 1.29 is 14.6 Å². The third kappa shape index (κ3) is 3.53. The van der Waals surface area contributed by atoms with Gasteiger partial charge in [0, 0.05) is 29.6 Å². The van der Waals surface area contributed by atoms with Crippen LogP contribution in [-0.2, 0) is 4.74 Å².